The highest BCUT2D eigenvalue weighted by Crippen LogP contribution is 2.46. The highest BCUT2D eigenvalue weighted by molar-refractivity contribution is 9.10. The lowest BCUT2D eigenvalue weighted by Gasteiger charge is -2.53. The third kappa shape index (κ3) is 2.84. The fourth-order valence-electron chi connectivity index (χ4n) is 3.25. The van der Waals surface area contributed by atoms with Crippen LogP contribution in [0.4, 0.5) is 0 Å². The van der Waals surface area contributed by atoms with E-state index in [9.17, 15) is 25.2 Å². The summed E-state index contributed by atoms with van der Waals surface area (Å²) in [6, 6.07) is 7.26. The number of ether oxygens (including phenoxy) is 1. The van der Waals surface area contributed by atoms with E-state index in [1.54, 1.807) is 30.3 Å². The molecule has 1 aliphatic heterocycles. The molecule has 1 saturated heterocycles. The highest BCUT2D eigenvalue weighted by atomic mass is 79.9. The Bertz CT molecular complexity index is 832. The van der Waals surface area contributed by atoms with Gasteiger partial charge in [0.05, 0.1) is 5.52 Å². The molecule has 5 N–H and O–H groups in total. The fraction of sp³-hybridized carbons (Fsp3) is 0.438. The highest BCUT2D eigenvalue weighted by Gasteiger charge is 2.65. The van der Waals surface area contributed by atoms with Crippen LogP contribution in [0.1, 0.15) is 6.92 Å². The first-order valence-corrected chi connectivity index (χ1v) is 8.96. The van der Waals surface area contributed by atoms with Gasteiger partial charge in [-0.2, -0.15) is 0 Å². The number of para-hydroxylation sites is 1. The van der Waals surface area contributed by atoms with Gasteiger partial charge < -0.3 is 35.0 Å². The van der Waals surface area contributed by atoms with Gasteiger partial charge >= 0.3 is 0 Å². The smallest absolute Gasteiger partial charge is 0.217 e. The molecule has 0 saturated carbocycles. The molecule has 1 aromatic carbocycles. The van der Waals surface area contributed by atoms with Crippen molar-refractivity contribution in [1.82, 2.24) is 9.88 Å². The summed E-state index contributed by atoms with van der Waals surface area (Å²) in [5.74, 6) is -0.562. The molecule has 142 valence electrons. The van der Waals surface area contributed by atoms with E-state index >= 15 is 0 Å². The second-order valence-corrected chi connectivity index (χ2v) is 7.80. The number of nitrogens with zero attached hydrogens (tertiary/aromatic N) is 1. The van der Waals surface area contributed by atoms with Gasteiger partial charge in [0.1, 0.15) is 12.1 Å². The SMILES string of the molecule is CC(=O)N[C@H]1[C@H](O)O[C@](Br)([C@@H](O)Cl)[C@@H](O)[C@@]1(O)n1ccc2ccccc21. The molecule has 10 heteroatoms. The number of hydrogen-bond donors (Lipinski definition) is 5. The first-order valence-electron chi connectivity index (χ1n) is 7.73. The molecule has 1 fully saturated rings. The molecule has 2 heterocycles. The molecule has 1 amide bonds. The Balaban J connectivity index is 2.23. The van der Waals surface area contributed by atoms with Crippen LogP contribution in [0.5, 0.6) is 0 Å². The number of aromatic nitrogens is 1. The minimum atomic E-state index is -2.30. The fourth-order valence-corrected chi connectivity index (χ4v) is 3.95. The number of nitrogens with one attached hydrogen (secondary N) is 1. The van der Waals surface area contributed by atoms with Gasteiger partial charge in [-0.25, -0.2) is 0 Å². The van der Waals surface area contributed by atoms with Gasteiger partial charge in [0.25, 0.3) is 0 Å². The first-order chi connectivity index (χ1) is 12.1. The van der Waals surface area contributed by atoms with Crippen LogP contribution < -0.4 is 5.32 Å². The summed E-state index contributed by atoms with van der Waals surface area (Å²) in [6.07, 6.45) is -2.17. The molecule has 1 aromatic heterocycles. The molecule has 0 radical (unpaired) electrons. The number of benzene rings is 1. The number of carbonyl (C=O) groups is 1. The van der Waals surface area contributed by atoms with E-state index in [0.717, 1.165) is 5.39 Å². The van der Waals surface area contributed by atoms with Crippen LogP contribution in [0.15, 0.2) is 36.5 Å². The number of amides is 1. The Morgan fingerprint density at radius 1 is 1.38 bits per heavy atom. The Hall–Kier alpha value is -1.20. The minimum Gasteiger partial charge on any atom is -0.384 e. The molecule has 0 unspecified atom stereocenters. The van der Waals surface area contributed by atoms with Crippen LogP contribution in [0.25, 0.3) is 10.9 Å². The van der Waals surface area contributed by atoms with Crippen LogP contribution in [0, 0.1) is 0 Å². The average Bonchev–Trinajstić information content (AvgIpc) is 3.01. The summed E-state index contributed by atoms with van der Waals surface area (Å²) in [6.45, 7) is 1.19. The molecular formula is C16H18BrClN2O6. The number of halogens is 2. The van der Waals surface area contributed by atoms with E-state index in [1.807, 2.05) is 0 Å². The molecule has 0 spiro atoms. The lowest BCUT2D eigenvalue weighted by Crippen LogP contribution is -2.75. The van der Waals surface area contributed by atoms with Gasteiger partial charge in [-0.15, -0.1) is 0 Å². The van der Waals surface area contributed by atoms with Gasteiger partial charge in [-0.05, 0) is 33.4 Å². The van der Waals surface area contributed by atoms with Crippen molar-refractivity contribution in [1.29, 1.82) is 0 Å². The first kappa shape index (κ1) is 19.6. The topological polar surface area (TPSA) is 124 Å². The van der Waals surface area contributed by atoms with E-state index in [1.165, 1.54) is 17.7 Å². The second kappa shape index (κ2) is 6.75. The summed E-state index contributed by atoms with van der Waals surface area (Å²) < 4.78 is 4.42. The monoisotopic (exact) mass is 448 g/mol. The molecule has 3 rings (SSSR count). The molecule has 26 heavy (non-hydrogen) atoms. The van der Waals surface area contributed by atoms with E-state index in [-0.39, 0.29) is 0 Å². The quantitative estimate of drug-likeness (QED) is 0.425. The van der Waals surface area contributed by atoms with Crippen molar-refractivity contribution in [2.24, 2.45) is 0 Å². The molecule has 6 atom stereocenters. The van der Waals surface area contributed by atoms with Gasteiger partial charge in [-0.3, -0.25) is 4.79 Å². The van der Waals surface area contributed by atoms with Gasteiger partial charge in [0.2, 0.25) is 5.91 Å². The largest absolute Gasteiger partial charge is 0.384 e. The standard InChI is InChI=1S/C16H18BrClN2O6/c1-8(21)19-11-12(22)26-15(17,14(18)24)13(23)16(11,25)20-7-6-9-4-2-3-5-10(9)20/h2-7,11-14,22-25H,1H3,(H,19,21)/t11-,12+,13+,14+,15-,16+/m0/s1. The number of aliphatic hydroxyl groups is 4. The van der Waals surface area contributed by atoms with E-state index in [2.05, 4.69) is 21.2 Å². The van der Waals surface area contributed by atoms with Gasteiger partial charge in [0.15, 0.2) is 22.1 Å². The summed E-state index contributed by atoms with van der Waals surface area (Å²) >= 11 is 8.71. The Morgan fingerprint density at radius 2 is 2.04 bits per heavy atom. The maximum Gasteiger partial charge on any atom is 0.217 e. The number of aliphatic hydroxyl groups excluding tert-OH is 3. The zero-order chi connectivity index (χ0) is 19.3. The van der Waals surface area contributed by atoms with Gasteiger partial charge in [-0.1, -0.05) is 29.8 Å². The van der Waals surface area contributed by atoms with Gasteiger partial charge in [0, 0.05) is 13.1 Å². The predicted molar refractivity (Wildman–Crippen MR) is 96.4 cm³/mol. The lowest BCUT2D eigenvalue weighted by molar-refractivity contribution is -0.325. The zero-order valence-electron chi connectivity index (χ0n) is 13.6. The van der Waals surface area contributed by atoms with Crippen molar-refractivity contribution in [2.45, 2.75) is 41.2 Å². The zero-order valence-corrected chi connectivity index (χ0v) is 15.9. The summed E-state index contributed by atoms with van der Waals surface area (Å²) in [7, 11) is 0. The summed E-state index contributed by atoms with van der Waals surface area (Å²) in [4.78, 5) is 11.6. The minimum absolute atomic E-state index is 0.525. The number of fused-ring (bicyclic) bond motifs is 1. The van der Waals surface area contributed by atoms with Crippen molar-refractivity contribution >= 4 is 44.3 Å². The molecule has 0 aliphatic carbocycles. The third-order valence-corrected chi connectivity index (χ3v) is 6.13. The number of rotatable bonds is 3. The van der Waals surface area contributed by atoms with Crippen molar-refractivity contribution in [3.8, 4) is 0 Å². The summed E-state index contributed by atoms with van der Waals surface area (Å²) in [5, 5.41) is 45.8. The van der Waals surface area contributed by atoms with Crippen LogP contribution in [0.3, 0.4) is 0 Å². The van der Waals surface area contributed by atoms with E-state index in [0.29, 0.717) is 5.52 Å². The van der Waals surface area contributed by atoms with E-state index in [4.69, 9.17) is 16.3 Å². The molecule has 8 nitrogen and oxygen atoms in total. The van der Waals surface area contributed by atoms with Crippen LogP contribution in [-0.2, 0) is 15.3 Å². The second-order valence-electron chi connectivity index (χ2n) is 6.15. The van der Waals surface area contributed by atoms with Crippen LogP contribution in [-0.4, -0.2) is 59.4 Å². The van der Waals surface area contributed by atoms with Crippen molar-refractivity contribution < 1.29 is 30.0 Å². The Morgan fingerprint density at radius 3 is 2.65 bits per heavy atom. The molecular weight excluding hydrogens is 432 g/mol. The maximum absolute atomic E-state index is 11.6. The number of alkyl halides is 2. The van der Waals surface area contributed by atoms with Crippen LogP contribution >= 0.6 is 27.5 Å². The molecule has 0 bridgehead atoms. The van der Waals surface area contributed by atoms with Crippen molar-refractivity contribution in [2.75, 3.05) is 0 Å². The maximum atomic E-state index is 11.6. The number of carbonyl (C=O) groups excluding carboxylic acids is 1. The van der Waals surface area contributed by atoms with Crippen molar-refractivity contribution in [3.63, 3.8) is 0 Å². The molecule has 1 aliphatic rings. The third-order valence-electron chi connectivity index (χ3n) is 4.49. The Kier molecular flexibility index (Phi) is 5.08. The van der Waals surface area contributed by atoms with E-state index < -0.39 is 40.1 Å². The summed E-state index contributed by atoms with van der Waals surface area (Å²) in [5.41, 5.74) is -3.59. The van der Waals surface area contributed by atoms with Crippen molar-refractivity contribution in [3.05, 3.63) is 36.5 Å². The average molecular weight is 450 g/mol. The molecule has 2 aromatic rings. The van der Waals surface area contributed by atoms with Crippen LogP contribution in [0.2, 0.25) is 0 Å². The number of hydrogen-bond acceptors (Lipinski definition) is 6. The Labute approximate surface area is 162 Å². The predicted octanol–water partition coefficient (Wildman–Crippen LogP) is 0.149. The normalized spacial score (nSPS) is 36.0. The lowest BCUT2D eigenvalue weighted by atomic mass is 9.89.